The summed E-state index contributed by atoms with van der Waals surface area (Å²) in [4.78, 5) is 28.4. The van der Waals surface area contributed by atoms with Crippen molar-refractivity contribution in [3.05, 3.63) is 35.6 Å². The molecule has 0 bridgehead atoms. The average molecular weight is 293 g/mol. The van der Waals surface area contributed by atoms with Gasteiger partial charge in [0.05, 0.1) is 13.2 Å². The zero-order valence-corrected chi connectivity index (χ0v) is 11.6. The van der Waals surface area contributed by atoms with Gasteiger partial charge in [0.15, 0.2) is 0 Å². The Bertz CT molecular complexity index is 557. The zero-order chi connectivity index (χ0) is 15.2. The van der Waals surface area contributed by atoms with Gasteiger partial charge in [-0.2, -0.15) is 5.10 Å². The monoisotopic (exact) mass is 293 g/mol. The normalized spacial score (nSPS) is 14.9. The van der Waals surface area contributed by atoms with Crippen LogP contribution in [0.3, 0.4) is 0 Å². The molecule has 6 nitrogen and oxygen atoms in total. The summed E-state index contributed by atoms with van der Waals surface area (Å²) < 4.78 is 12.9. The van der Waals surface area contributed by atoms with Gasteiger partial charge in [0, 0.05) is 12.8 Å². The highest BCUT2D eigenvalue weighted by Crippen LogP contribution is 2.14. The van der Waals surface area contributed by atoms with E-state index in [0.717, 1.165) is 5.56 Å². The minimum atomic E-state index is -0.451. The Morgan fingerprint density at radius 3 is 2.76 bits per heavy atom. The number of carbonyl (C=O) groups is 2. The minimum absolute atomic E-state index is 0.174. The van der Waals surface area contributed by atoms with Crippen LogP contribution < -0.4 is 5.48 Å². The van der Waals surface area contributed by atoms with Crippen LogP contribution in [0.4, 0.5) is 4.39 Å². The average Bonchev–Trinajstić information content (AvgIpc) is 2.49. The summed E-state index contributed by atoms with van der Waals surface area (Å²) in [6.07, 6.45) is 0.483. The quantitative estimate of drug-likeness (QED) is 0.834. The first-order chi connectivity index (χ1) is 10.1. The number of nitrogens with zero attached hydrogens (tertiary/aromatic N) is 2. The molecule has 21 heavy (non-hydrogen) atoms. The highest BCUT2D eigenvalue weighted by molar-refractivity contribution is 6.39. The third-order valence-electron chi connectivity index (χ3n) is 2.92. The summed E-state index contributed by atoms with van der Waals surface area (Å²) in [7, 11) is 0. The van der Waals surface area contributed by atoms with Crippen LogP contribution in [0, 0.1) is 5.82 Å². The van der Waals surface area contributed by atoms with Gasteiger partial charge in [-0.05, 0) is 24.6 Å². The maximum absolute atomic E-state index is 12.9. The molecule has 0 spiro atoms. The van der Waals surface area contributed by atoms with E-state index in [-0.39, 0.29) is 36.8 Å². The molecular weight excluding hydrogens is 277 g/mol. The number of benzene rings is 1. The highest BCUT2D eigenvalue weighted by atomic mass is 19.1. The van der Waals surface area contributed by atoms with Crippen molar-refractivity contribution >= 4 is 17.5 Å². The van der Waals surface area contributed by atoms with Crippen LogP contribution in [0.1, 0.15) is 25.3 Å². The van der Waals surface area contributed by atoms with E-state index < -0.39 is 5.91 Å². The fourth-order valence-electron chi connectivity index (χ4n) is 1.85. The fourth-order valence-corrected chi connectivity index (χ4v) is 1.85. The Hall–Kier alpha value is -2.28. The molecule has 7 heteroatoms. The van der Waals surface area contributed by atoms with Gasteiger partial charge in [-0.25, -0.2) is 14.9 Å². The van der Waals surface area contributed by atoms with E-state index in [0.29, 0.717) is 6.61 Å². The smallest absolute Gasteiger partial charge is 0.274 e. The molecule has 2 rings (SSSR count). The maximum atomic E-state index is 12.9. The summed E-state index contributed by atoms with van der Waals surface area (Å²) in [5, 5.41) is 5.27. The van der Waals surface area contributed by atoms with Crippen LogP contribution in [0.15, 0.2) is 29.4 Å². The second kappa shape index (κ2) is 6.94. The van der Waals surface area contributed by atoms with Crippen LogP contribution in [-0.4, -0.2) is 29.1 Å². The molecule has 0 saturated heterocycles. The van der Waals surface area contributed by atoms with Gasteiger partial charge < -0.3 is 0 Å². The second-order valence-electron chi connectivity index (χ2n) is 4.49. The number of hydrogen-bond acceptors (Lipinski definition) is 4. The Morgan fingerprint density at radius 2 is 2.10 bits per heavy atom. The molecule has 0 aromatic heterocycles. The van der Waals surface area contributed by atoms with Crippen molar-refractivity contribution < 1.29 is 18.8 Å². The van der Waals surface area contributed by atoms with E-state index in [2.05, 4.69) is 10.6 Å². The Kier molecular flexibility index (Phi) is 4.99. The second-order valence-corrected chi connectivity index (χ2v) is 4.49. The Morgan fingerprint density at radius 1 is 1.38 bits per heavy atom. The van der Waals surface area contributed by atoms with Crippen molar-refractivity contribution in [3.8, 4) is 0 Å². The summed E-state index contributed by atoms with van der Waals surface area (Å²) in [6, 6.07) is 5.78. The van der Waals surface area contributed by atoms with Crippen molar-refractivity contribution in [2.24, 2.45) is 5.10 Å². The summed E-state index contributed by atoms with van der Waals surface area (Å²) in [5.74, 6) is -0.968. The zero-order valence-electron chi connectivity index (χ0n) is 11.6. The number of halogens is 1. The van der Waals surface area contributed by atoms with Crippen molar-refractivity contribution in [3.63, 3.8) is 0 Å². The molecule has 0 saturated carbocycles. The van der Waals surface area contributed by atoms with Gasteiger partial charge in [-0.15, -0.1) is 0 Å². The third-order valence-corrected chi connectivity index (χ3v) is 2.92. The standard InChI is InChI=1S/C14H16FN3O3/c1-2-21-17-14(20)12-7-8-13(19)18(16-12)9-10-3-5-11(15)6-4-10/h3-6H,2,7-9H2,1H3,(H,17,20). The van der Waals surface area contributed by atoms with E-state index in [1.165, 1.54) is 17.1 Å². The number of carbonyl (C=O) groups excluding carboxylic acids is 2. The molecule has 1 aromatic carbocycles. The van der Waals surface area contributed by atoms with Crippen molar-refractivity contribution in [2.45, 2.75) is 26.3 Å². The van der Waals surface area contributed by atoms with Crippen LogP contribution >= 0.6 is 0 Å². The van der Waals surface area contributed by atoms with E-state index in [9.17, 15) is 14.0 Å². The van der Waals surface area contributed by atoms with Crippen molar-refractivity contribution in [2.75, 3.05) is 6.61 Å². The molecule has 2 amide bonds. The minimum Gasteiger partial charge on any atom is -0.274 e. The lowest BCUT2D eigenvalue weighted by molar-refractivity contribution is -0.132. The molecule has 0 fully saturated rings. The SMILES string of the molecule is CCONC(=O)C1=NN(Cc2ccc(F)cc2)C(=O)CC1. The number of hydrogen-bond donors (Lipinski definition) is 1. The number of amides is 2. The molecule has 112 valence electrons. The van der Waals surface area contributed by atoms with Crippen LogP contribution in [0.5, 0.6) is 0 Å². The van der Waals surface area contributed by atoms with E-state index in [1.54, 1.807) is 19.1 Å². The van der Waals surface area contributed by atoms with Gasteiger partial charge in [-0.3, -0.25) is 14.4 Å². The molecule has 1 aromatic rings. The van der Waals surface area contributed by atoms with E-state index >= 15 is 0 Å². The summed E-state index contributed by atoms with van der Waals surface area (Å²) in [5.41, 5.74) is 3.23. The first-order valence-corrected chi connectivity index (χ1v) is 6.64. The molecule has 0 atom stereocenters. The summed E-state index contributed by atoms with van der Waals surface area (Å²) >= 11 is 0. The molecule has 1 heterocycles. The molecular formula is C14H16FN3O3. The lowest BCUT2D eigenvalue weighted by Crippen LogP contribution is -2.38. The Balaban J connectivity index is 2.07. The number of nitrogens with one attached hydrogen (secondary N) is 1. The first-order valence-electron chi connectivity index (χ1n) is 6.64. The van der Waals surface area contributed by atoms with Crippen LogP contribution in [0.2, 0.25) is 0 Å². The Labute approximate surface area is 121 Å². The van der Waals surface area contributed by atoms with Crippen molar-refractivity contribution in [1.82, 2.24) is 10.5 Å². The molecule has 0 radical (unpaired) electrons. The van der Waals surface area contributed by atoms with Gasteiger partial charge in [-0.1, -0.05) is 12.1 Å². The number of rotatable bonds is 5. The van der Waals surface area contributed by atoms with Gasteiger partial charge in [0.25, 0.3) is 5.91 Å². The number of hydrazone groups is 1. The fraction of sp³-hybridized carbons (Fsp3) is 0.357. The first kappa shape index (κ1) is 15.1. The highest BCUT2D eigenvalue weighted by Gasteiger charge is 2.24. The third kappa shape index (κ3) is 4.09. The molecule has 1 N–H and O–H groups in total. The molecule has 1 aliphatic rings. The molecule has 0 aliphatic carbocycles. The van der Waals surface area contributed by atoms with Crippen LogP contribution in [0.25, 0.3) is 0 Å². The molecule has 0 unspecified atom stereocenters. The predicted molar refractivity (Wildman–Crippen MR) is 73.4 cm³/mol. The van der Waals surface area contributed by atoms with E-state index in [1.807, 2.05) is 0 Å². The summed E-state index contributed by atoms with van der Waals surface area (Å²) in [6.45, 7) is 2.29. The number of hydroxylamine groups is 1. The van der Waals surface area contributed by atoms with Gasteiger partial charge in [0.2, 0.25) is 5.91 Å². The lowest BCUT2D eigenvalue weighted by Gasteiger charge is -2.23. The van der Waals surface area contributed by atoms with Crippen LogP contribution in [-0.2, 0) is 21.0 Å². The molecule has 1 aliphatic heterocycles. The predicted octanol–water partition coefficient (Wildman–Crippen LogP) is 1.37. The van der Waals surface area contributed by atoms with Gasteiger partial charge in [0.1, 0.15) is 11.5 Å². The van der Waals surface area contributed by atoms with E-state index in [4.69, 9.17) is 4.84 Å². The topological polar surface area (TPSA) is 71.0 Å². The van der Waals surface area contributed by atoms with Gasteiger partial charge >= 0.3 is 0 Å². The largest absolute Gasteiger partial charge is 0.291 e. The lowest BCUT2D eigenvalue weighted by atomic mass is 10.1. The van der Waals surface area contributed by atoms with Crippen molar-refractivity contribution in [1.29, 1.82) is 0 Å². The maximum Gasteiger partial charge on any atom is 0.291 e.